The second-order valence-corrected chi connectivity index (χ2v) is 9.65. The van der Waals surface area contributed by atoms with E-state index in [1.165, 1.54) is 25.3 Å². The maximum Gasteiger partial charge on any atom is 0.416 e. The van der Waals surface area contributed by atoms with Gasteiger partial charge in [-0.2, -0.15) is 13.2 Å². The number of carbonyl (C=O) groups is 2. The number of rotatable bonds is 5. The molecule has 4 N–H and O–H groups in total. The average Bonchev–Trinajstić information content (AvgIpc) is 3.33. The quantitative estimate of drug-likeness (QED) is 0.332. The summed E-state index contributed by atoms with van der Waals surface area (Å²) in [5.41, 5.74) is 7.00. The van der Waals surface area contributed by atoms with Gasteiger partial charge in [-0.25, -0.2) is 15.0 Å². The van der Waals surface area contributed by atoms with Gasteiger partial charge < -0.3 is 25.8 Å². The largest absolute Gasteiger partial charge is 0.416 e. The molecule has 14 heteroatoms. The molecule has 0 radical (unpaired) electrons. The van der Waals surface area contributed by atoms with Crippen LogP contribution in [0.25, 0.3) is 16.8 Å². The number of anilines is 2. The van der Waals surface area contributed by atoms with E-state index in [2.05, 4.69) is 15.3 Å². The normalized spacial score (nSPS) is 18.3. The first-order valence-electron chi connectivity index (χ1n) is 12.6. The van der Waals surface area contributed by atoms with Crippen LogP contribution in [0.2, 0.25) is 0 Å². The minimum absolute atomic E-state index is 0.161. The van der Waals surface area contributed by atoms with Crippen LogP contribution in [0, 0.1) is 0 Å². The van der Waals surface area contributed by atoms with Gasteiger partial charge in [0, 0.05) is 29.7 Å². The van der Waals surface area contributed by atoms with Crippen molar-refractivity contribution in [2.45, 2.75) is 38.3 Å². The summed E-state index contributed by atoms with van der Waals surface area (Å²) in [7, 11) is 0. The van der Waals surface area contributed by atoms with Gasteiger partial charge in [-0.15, -0.1) is 0 Å². The molecule has 0 spiro atoms. The van der Waals surface area contributed by atoms with Crippen molar-refractivity contribution in [2.75, 3.05) is 24.2 Å². The van der Waals surface area contributed by atoms with Crippen LogP contribution in [0.15, 0.2) is 55.0 Å². The number of alkyl halides is 3. The zero-order valence-electron chi connectivity index (χ0n) is 22.0. The Labute approximate surface area is 231 Å². The number of aliphatic hydroxyl groups is 1. The minimum atomic E-state index is -4.57. The lowest BCUT2D eigenvalue weighted by Crippen LogP contribution is -2.51. The molecular weight excluding hydrogens is 543 g/mol. The smallest absolute Gasteiger partial charge is 0.384 e. The van der Waals surface area contributed by atoms with E-state index in [-0.39, 0.29) is 36.4 Å². The average molecular weight is 570 g/mol. The van der Waals surface area contributed by atoms with Crippen LogP contribution in [0.1, 0.15) is 41.7 Å². The SMILES string of the molecule is CC(O)C(=O)N1C[C@H](c2nc(-c3ccc(C(=O)Nc4cc(C(F)(F)F)ccn4)cc3)c3c(N)nccn23)OC[C@@H]1C. The topological polar surface area (TPSA) is 148 Å². The first kappa shape index (κ1) is 28.0. The molecule has 41 heavy (non-hydrogen) atoms. The summed E-state index contributed by atoms with van der Waals surface area (Å²) in [4.78, 5) is 39.6. The van der Waals surface area contributed by atoms with Gasteiger partial charge >= 0.3 is 6.18 Å². The van der Waals surface area contributed by atoms with Crippen molar-refractivity contribution in [3.05, 3.63) is 71.9 Å². The predicted octanol–water partition coefficient (Wildman–Crippen LogP) is 3.31. The standard InChI is InChI=1S/C27H26F3N7O4/c1-14-13-41-19(12-37(14)26(40)15(2)38)24-35-21(22-23(31)33-9-10-36(22)24)16-3-5-17(6-4-16)25(39)34-20-11-18(7-8-32-20)27(28,29)30/h3-11,14-15,19,38H,12-13H2,1-2H3,(H2,31,33)(H,32,34,39)/t14-,15?,19+/m0/s1. The highest BCUT2D eigenvalue weighted by molar-refractivity contribution is 6.04. The van der Waals surface area contributed by atoms with Gasteiger partial charge in [-0.05, 0) is 38.1 Å². The molecule has 214 valence electrons. The van der Waals surface area contributed by atoms with E-state index in [0.29, 0.717) is 22.6 Å². The zero-order chi connectivity index (χ0) is 29.5. The number of nitrogens with one attached hydrogen (secondary N) is 1. The number of carbonyl (C=O) groups excluding carboxylic acids is 2. The summed E-state index contributed by atoms with van der Waals surface area (Å²) in [6.07, 6.45) is -2.21. The number of nitrogens with two attached hydrogens (primary N) is 1. The molecular formula is C27H26F3N7O4. The van der Waals surface area contributed by atoms with E-state index in [9.17, 15) is 27.9 Å². The van der Waals surface area contributed by atoms with E-state index in [1.807, 2.05) is 6.92 Å². The van der Waals surface area contributed by atoms with E-state index >= 15 is 0 Å². The number of aliphatic hydroxyl groups excluding tert-OH is 1. The molecule has 0 saturated carbocycles. The summed E-state index contributed by atoms with van der Waals surface area (Å²) >= 11 is 0. The van der Waals surface area contributed by atoms with Crippen LogP contribution >= 0.6 is 0 Å². The number of nitrogen functional groups attached to an aromatic ring is 1. The van der Waals surface area contributed by atoms with Gasteiger partial charge in [-0.1, -0.05) is 12.1 Å². The summed E-state index contributed by atoms with van der Waals surface area (Å²) in [5, 5.41) is 12.2. The predicted molar refractivity (Wildman–Crippen MR) is 142 cm³/mol. The molecule has 0 aliphatic carbocycles. The molecule has 4 heterocycles. The molecule has 0 bridgehead atoms. The Kier molecular flexibility index (Phi) is 7.36. The van der Waals surface area contributed by atoms with Crippen LogP contribution in [0.5, 0.6) is 0 Å². The molecule has 1 unspecified atom stereocenters. The molecule has 2 amide bonds. The van der Waals surface area contributed by atoms with Gasteiger partial charge in [0.05, 0.1) is 24.8 Å². The number of benzene rings is 1. The van der Waals surface area contributed by atoms with Crippen LogP contribution < -0.4 is 11.1 Å². The first-order chi connectivity index (χ1) is 19.4. The summed E-state index contributed by atoms with van der Waals surface area (Å²) in [6, 6.07) is 7.58. The van der Waals surface area contributed by atoms with Crippen LogP contribution in [-0.4, -0.2) is 66.5 Å². The highest BCUT2D eigenvalue weighted by atomic mass is 19.4. The number of fused-ring (bicyclic) bond motifs is 1. The number of halogens is 3. The number of amides is 2. The molecule has 1 aliphatic rings. The molecule has 1 aliphatic heterocycles. The number of morpholine rings is 1. The number of hydrogen-bond donors (Lipinski definition) is 3. The van der Waals surface area contributed by atoms with Crippen molar-refractivity contribution in [1.29, 1.82) is 0 Å². The van der Waals surface area contributed by atoms with E-state index < -0.39 is 35.8 Å². The lowest BCUT2D eigenvalue weighted by atomic mass is 10.1. The van der Waals surface area contributed by atoms with Gasteiger partial charge in [0.25, 0.3) is 11.8 Å². The van der Waals surface area contributed by atoms with Gasteiger partial charge in [-0.3, -0.25) is 14.0 Å². The number of nitrogens with zero attached hydrogens (tertiary/aromatic N) is 5. The third-order valence-corrected chi connectivity index (χ3v) is 6.72. The van der Waals surface area contributed by atoms with Crippen molar-refractivity contribution in [3.63, 3.8) is 0 Å². The summed E-state index contributed by atoms with van der Waals surface area (Å²) < 4.78 is 46.7. The first-order valence-corrected chi connectivity index (χ1v) is 12.6. The number of pyridine rings is 1. The van der Waals surface area contributed by atoms with Gasteiger partial charge in [0.15, 0.2) is 0 Å². The second-order valence-electron chi connectivity index (χ2n) is 9.65. The van der Waals surface area contributed by atoms with Crippen LogP contribution in [-0.2, 0) is 15.7 Å². The Morgan fingerprint density at radius 2 is 1.90 bits per heavy atom. The Morgan fingerprint density at radius 1 is 1.17 bits per heavy atom. The van der Waals surface area contributed by atoms with E-state index in [0.717, 1.165) is 18.3 Å². The fraction of sp³-hybridized carbons (Fsp3) is 0.296. The lowest BCUT2D eigenvalue weighted by Gasteiger charge is -2.38. The van der Waals surface area contributed by atoms with Crippen molar-refractivity contribution in [3.8, 4) is 11.3 Å². The molecule has 3 atom stereocenters. The Bertz CT molecular complexity index is 1610. The van der Waals surface area contributed by atoms with Crippen molar-refractivity contribution in [1.82, 2.24) is 24.3 Å². The molecule has 3 aromatic heterocycles. The lowest BCUT2D eigenvalue weighted by molar-refractivity contribution is -0.152. The van der Waals surface area contributed by atoms with Crippen LogP contribution in [0.4, 0.5) is 24.8 Å². The van der Waals surface area contributed by atoms with Crippen molar-refractivity contribution < 1.29 is 32.6 Å². The van der Waals surface area contributed by atoms with Gasteiger partial charge in [0.2, 0.25) is 0 Å². The Hall–Kier alpha value is -4.56. The number of imidazole rings is 1. The molecule has 1 aromatic carbocycles. The summed E-state index contributed by atoms with van der Waals surface area (Å²) in [5.74, 6) is -0.631. The molecule has 5 rings (SSSR count). The maximum atomic E-state index is 13.0. The number of hydrogen-bond acceptors (Lipinski definition) is 8. The van der Waals surface area contributed by atoms with Crippen molar-refractivity contribution in [2.24, 2.45) is 0 Å². The molecule has 4 aromatic rings. The Balaban J connectivity index is 1.43. The molecule has 11 nitrogen and oxygen atoms in total. The molecule has 1 saturated heterocycles. The monoisotopic (exact) mass is 569 g/mol. The molecule has 1 fully saturated rings. The minimum Gasteiger partial charge on any atom is -0.384 e. The third kappa shape index (κ3) is 5.56. The van der Waals surface area contributed by atoms with Gasteiger partial charge in [0.1, 0.15) is 40.9 Å². The van der Waals surface area contributed by atoms with Crippen LogP contribution in [0.3, 0.4) is 0 Å². The highest BCUT2D eigenvalue weighted by Crippen LogP contribution is 2.34. The fourth-order valence-electron chi connectivity index (χ4n) is 4.62. The number of ether oxygens (including phenoxy) is 1. The van der Waals surface area contributed by atoms with E-state index in [4.69, 9.17) is 15.5 Å². The third-order valence-electron chi connectivity index (χ3n) is 6.72. The maximum absolute atomic E-state index is 13.0. The fourth-order valence-corrected chi connectivity index (χ4v) is 4.62. The Morgan fingerprint density at radius 3 is 2.59 bits per heavy atom. The summed E-state index contributed by atoms with van der Waals surface area (Å²) in [6.45, 7) is 3.64. The van der Waals surface area contributed by atoms with Crippen molar-refractivity contribution >= 4 is 29.0 Å². The van der Waals surface area contributed by atoms with E-state index in [1.54, 1.807) is 27.6 Å². The number of aromatic nitrogens is 4. The highest BCUT2D eigenvalue weighted by Gasteiger charge is 2.35. The second kappa shape index (κ2) is 10.8. The zero-order valence-corrected chi connectivity index (χ0v) is 22.0.